The molecule has 0 aliphatic carbocycles. The summed E-state index contributed by atoms with van der Waals surface area (Å²) < 4.78 is 5.18. The van der Waals surface area contributed by atoms with E-state index in [1.54, 1.807) is 12.0 Å². The minimum atomic E-state index is -0.0248. The molecule has 0 heterocycles. The second-order valence-electron chi connectivity index (χ2n) is 8.67. The zero-order valence-corrected chi connectivity index (χ0v) is 20.8. The molecule has 0 aliphatic heterocycles. The molecule has 1 N–H and O–H groups in total. The molecule has 0 bridgehead atoms. The lowest BCUT2D eigenvalue weighted by Crippen LogP contribution is -2.37. The van der Waals surface area contributed by atoms with Gasteiger partial charge in [0.25, 0.3) is 0 Å². The molecule has 3 rings (SSSR count). The Morgan fingerprint density at radius 3 is 2.00 bits per heavy atom. The monoisotopic (exact) mass is 472 g/mol. The Hall–Kier alpha value is -3.60. The predicted molar refractivity (Wildman–Crippen MR) is 141 cm³/mol. The van der Waals surface area contributed by atoms with Gasteiger partial charge < -0.3 is 15.0 Å². The summed E-state index contributed by atoms with van der Waals surface area (Å²) in [5, 5.41) is 3.06. The highest BCUT2D eigenvalue weighted by atomic mass is 16.5. The Morgan fingerprint density at radius 2 is 1.46 bits per heavy atom. The normalized spacial score (nSPS) is 10.7. The third-order valence-corrected chi connectivity index (χ3v) is 6.13. The van der Waals surface area contributed by atoms with Gasteiger partial charge in [0.2, 0.25) is 11.8 Å². The molecule has 2 amide bonds. The zero-order chi connectivity index (χ0) is 24.9. The topological polar surface area (TPSA) is 58.6 Å². The van der Waals surface area contributed by atoms with Crippen molar-refractivity contribution in [2.45, 2.75) is 38.5 Å². The molecule has 0 aromatic heterocycles. The van der Waals surface area contributed by atoms with Crippen LogP contribution in [0, 0.1) is 0 Å². The molecule has 5 nitrogen and oxygen atoms in total. The number of hydrogen-bond donors (Lipinski definition) is 1. The first-order valence-corrected chi connectivity index (χ1v) is 12.4. The molecule has 0 radical (unpaired) electrons. The number of carbonyl (C=O) groups excluding carboxylic acids is 2. The van der Waals surface area contributed by atoms with Crippen molar-refractivity contribution in [2.75, 3.05) is 26.7 Å². The third kappa shape index (κ3) is 8.29. The van der Waals surface area contributed by atoms with Crippen LogP contribution in [0.15, 0.2) is 84.9 Å². The summed E-state index contributed by atoms with van der Waals surface area (Å²) in [5.41, 5.74) is 3.42. The van der Waals surface area contributed by atoms with Gasteiger partial charge in [-0.25, -0.2) is 0 Å². The number of nitrogens with zero attached hydrogens (tertiary/aromatic N) is 1. The maximum absolute atomic E-state index is 12.8. The van der Waals surface area contributed by atoms with Crippen molar-refractivity contribution >= 4 is 11.8 Å². The number of rotatable bonds is 13. The van der Waals surface area contributed by atoms with Crippen molar-refractivity contribution in [1.82, 2.24) is 10.2 Å². The van der Waals surface area contributed by atoms with Crippen molar-refractivity contribution in [3.8, 4) is 5.75 Å². The lowest BCUT2D eigenvalue weighted by Gasteiger charge is -2.22. The highest BCUT2D eigenvalue weighted by Crippen LogP contribution is 2.27. The average molecular weight is 473 g/mol. The van der Waals surface area contributed by atoms with Gasteiger partial charge in [-0.15, -0.1) is 0 Å². The van der Waals surface area contributed by atoms with Crippen LogP contribution in [0.5, 0.6) is 5.75 Å². The van der Waals surface area contributed by atoms with Gasteiger partial charge in [-0.3, -0.25) is 9.59 Å². The van der Waals surface area contributed by atoms with Crippen molar-refractivity contribution in [2.24, 2.45) is 0 Å². The Kier molecular flexibility index (Phi) is 10.4. The number of benzene rings is 3. The molecule has 5 heteroatoms. The summed E-state index contributed by atoms with van der Waals surface area (Å²) in [6.07, 6.45) is 2.29. The number of ether oxygens (including phenoxy) is 1. The van der Waals surface area contributed by atoms with Crippen molar-refractivity contribution in [1.29, 1.82) is 0 Å². The van der Waals surface area contributed by atoms with Crippen LogP contribution < -0.4 is 10.1 Å². The van der Waals surface area contributed by atoms with Crippen molar-refractivity contribution < 1.29 is 14.3 Å². The molecule has 0 spiro atoms. The molecule has 3 aromatic carbocycles. The SMILES string of the molecule is CCCN(CCC(=O)NCCC(c1ccccc1)c1ccccc1)C(=O)Cc1ccc(OC)cc1. The van der Waals surface area contributed by atoms with Crippen LogP contribution in [0.3, 0.4) is 0 Å². The molecule has 0 saturated carbocycles. The number of carbonyl (C=O) groups is 2. The summed E-state index contributed by atoms with van der Waals surface area (Å²) in [6.45, 7) is 3.70. The number of nitrogens with one attached hydrogen (secondary N) is 1. The summed E-state index contributed by atoms with van der Waals surface area (Å²) in [7, 11) is 1.62. The van der Waals surface area contributed by atoms with E-state index in [0.717, 1.165) is 24.2 Å². The smallest absolute Gasteiger partial charge is 0.227 e. The fraction of sp³-hybridized carbons (Fsp3) is 0.333. The van der Waals surface area contributed by atoms with Crippen molar-refractivity contribution in [3.05, 3.63) is 102 Å². The fourth-order valence-corrected chi connectivity index (χ4v) is 4.24. The maximum atomic E-state index is 12.8. The first kappa shape index (κ1) is 26.0. The van der Waals surface area contributed by atoms with Crippen LogP contribution in [0.4, 0.5) is 0 Å². The van der Waals surface area contributed by atoms with Gasteiger partial charge in [0.05, 0.1) is 13.5 Å². The minimum absolute atomic E-state index is 0.0248. The van der Waals surface area contributed by atoms with Crippen LogP contribution in [0.2, 0.25) is 0 Å². The lowest BCUT2D eigenvalue weighted by atomic mass is 9.88. The van der Waals surface area contributed by atoms with E-state index in [1.165, 1.54) is 11.1 Å². The van der Waals surface area contributed by atoms with E-state index < -0.39 is 0 Å². The molecule has 0 atom stereocenters. The average Bonchev–Trinajstić information content (AvgIpc) is 2.90. The zero-order valence-electron chi connectivity index (χ0n) is 20.8. The molecular weight excluding hydrogens is 436 g/mol. The van der Waals surface area contributed by atoms with Crippen molar-refractivity contribution in [3.63, 3.8) is 0 Å². The Balaban J connectivity index is 1.50. The van der Waals surface area contributed by atoms with Crippen LogP contribution in [-0.4, -0.2) is 43.5 Å². The fourth-order valence-electron chi connectivity index (χ4n) is 4.24. The van der Waals surface area contributed by atoms with E-state index in [9.17, 15) is 9.59 Å². The van der Waals surface area contributed by atoms with Crippen LogP contribution in [0.25, 0.3) is 0 Å². The molecule has 3 aromatic rings. The van der Waals surface area contributed by atoms with E-state index >= 15 is 0 Å². The van der Waals surface area contributed by atoms with E-state index in [2.05, 4.69) is 53.8 Å². The Bertz CT molecular complexity index is 997. The first-order valence-electron chi connectivity index (χ1n) is 12.4. The summed E-state index contributed by atoms with van der Waals surface area (Å²) in [6, 6.07) is 28.3. The minimum Gasteiger partial charge on any atom is -0.497 e. The summed E-state index contributed by atoms with van der Waals surface area (Å²) in [4.78, 5) is 27.2. The quantitative estimate of drug-likeness (QED) is 0.372. The van der Waals surface area contributed by atoms with Gasteiger partial charge in [0.1, 0.15) is 5.75 Å². The maximum Gasteiger partial charge on any atom is 0.227 e. The van der Waals surface area contributed by atoms with Crippen LogP contribution >= 0.6 is 0 Å². The second-order valence-corrected chi connectivity index (χ2v) is 8.67. The summed E-state index contributed by atoms with van der Waals surface area (Å²) >= 11 is 0. The molecule has 0 fully saturated rings. The Morgan fingerprint density at radius 1 is 0.857 bits per heavy atom. The van der Waals surface area contributed by atoms with E-state index in [0.29, 0.717) is 32.5 Å². The first-order chi connectivity index (χ1) is 17.1. The molecular formula is C30H36N2O3. The molecule has 0 unspecified atom stereocenters. The van der Waals surface area contributed by atoms with Crippen LogP contribution in [-0.2, 0) is 16.0 Å². The standard InChI is InChI=1S/C30H36N2O3/c1-3-21-32(30(34)23-24-14-16-27(35-2)17-15-24)22-19-29(33)31-20-18-28(25-10-6-4-7-11-25)26-12-8-5-9-13-26/h4-17,28H,3,18-23H2,1-2H3,(H,31,33). The van der Waals surface area contributed by atoms with Gasteiger partial charge in [0.15, 0.2) is 0 Å². The predicted octanol–water partition coefficient (Wildman–Crippen LogP) is 5.20. The number of hydrogen-bond acceptors (Lipinski definition) is 3. The molecule has 184 valence electrons. The van der Waals surface area contributed by atoms with Gasteiger partial charge >= 0.3 is 0 Å². The van der Waals surface area contributed by atoms with Gasteiger partial charge in [-0.1, -0.05) is 79.7 Å². The van der Waals surface area contributed by atoms with E-state index in [1.807, 2.05) is 43.3 Å². The van der Waals surface area contributed by atoms with Gasteiger partial charge in [-0.2, -0.15) is 0 Å². The van der Waals surface area contributed by atoms with E-state index in [-0.39, 0.29) is 17.7 Å². The highest BCUT2D eigenvalue weighted by molar-refractivity contribution is 5.80. The molecule has 0 saturated heterocycles. The number of amides is 2. The van der Waals surface area contributed by atoms with E-state index in [4.69, 9.17) is 4.74 Å². The highest BCUT2D eigenvalue weighted by Gasteiger charge is 2.17. The lowest BCUT2D eigenvalue weighted by molar-refractivity contribution is -0.131. The second kappa shape index (κ2) is 14.0. The van der Waals surface area contributed by atoms with Gasteiger partial charge in [-0.05, 0) is 41.7 Å². The van der Waals surface area contributed by atoms with Crippen LogP contribution in [0.1, 0.15) is 48.8 Å². The van der Waals surface area contributed by atoms with Gasteiger partial charge in [0, 0.05) is 32.0 Å². The largest absolute Gasteiger partial charge is 0.497 e. The number of methoxy groups -OCH3 is 1. The third-order valence-electron chi connectivity index (χ3n) is 6.13. The molecule has 35 heavy (non-hydrogen) atoms. The molecule has 0 aliphatic rings. The summed E-state index contributed by atoms with van der Waals surface area (Å²) in [5.74, 6) is 1.01. The Labute approximate surface area is 209 Å².